The van der Waals surface area contributed by atoms with Crippen molar-refractivity contribution in [2.24, 2.45) is 0 Å². The summed E-state index contributed by atoms with van der Waals surface area (Å²) < 4.78 is 5.16. The van der Waals surface area contributed by atoms with E-state index in [-0.39, 0.29) is 6.10 Å². The molecule has 1 aromatic rings. The molecular weight excluding hydrogens is 240 g/mol. The highest BCUT2D eigenvalue weighted by Crippen LogP contribution is 2.17. The van der Waals surface area contributed by atoms with Gasteiger partial charge in [0, 0.05) is 32.2 Å². The van der Waals surface area contributed by atoms with Crippen molar-refractivity contribution in [3.63, 3.8) is 0 Å². The van der Waals surface area contributed by atoms with Crippen LogP contribution in [-0.2, 0) is 0 Å². The zero-order chi connectivity index (χ0) is 13.7. The molecule has 0 aromatic heterocycles. The van der Waals surface area contributed by atoms with E-state index >= 15 is 0 Å². The Bertz CT molecular complexity index is 380. The quantitative estimate of drug-likeness (QED) is 0.815. The summed E-state index contributed by atoms with van der Waals surface area (Å²) in [7, 11) is 1.68. The third kappa shape index (κ3) is 4.20. The average Bonchev–Trinajstić information content (AvgIpc) is 2.84. The number of benzene rings is 1. The van der Waals surface area contributed by atoms with Gasteiger partial charge in [-0.15, -0.1) is 0 Å². The molecule has 4 heteroatoms. The van der Waals surface area contributed by atoms with Gasteiger partial charge in [0.2, 0.25) is 0 Å². The summed E-state index contributed by atoms with van der Waals surface area (Å²) in [5.41, 5.74) is 1.27. The molecule has 1 heterocycles. The molecule has 1 fully saturated rings. The molecule has 0 aliphatic carbocycles. The van der Waals surface area contributed by atoms with Crippen LogP contribution in [0.25, 0.3) is 0 Å². The molecule has 0 amide bonds. The smallest absolute Gasteiger partial charge is 0.118 e. The molecule has 0 radical (unpaired) electrons. The summed E-state index contributed by atoms with van der Waals surface area (Å²) in [6.45, 7) is 5.94. The second-order valence-corrected chi connectivity index (χ2v) is 5.19. The molecule has 106 valence electrons. The monoisotopic (exact) mass is 264 g/mol. The summed E-state index contributed by atoms with van der Waals surface area (Å²) in [5.74, 6) is 0.891. The summed E-state index contributed by atoms with van der Waals surface area (Å²) in [5, 5.41) is 13.0. The number of methoxy groups -OCH3 is 1. The Morgan fingerprint density at radius 3 is 2.74 bits per heavy atom. The largest absolute Gasteiger partial charge is 0.497 e. The fourth-order valence-electron chi connectivity index (χ4n) is 2.46. The molecule has 1 aromatic carbocycles. The molecule has 1 unspecified atom stereocenters. The lowest BCUT2D eigenvalue weighted by Crippen LogP contribution is -2.32. The molecule has 1 aliphatic rings. The SMILES string of the molecule is COc1ccc(C(C)NCCN2CC[C@H](O)C2)cc1. The van der Waals surface area contributed by atoms with Crippen molar-refractivity contribution in [2.45, 2.75) is 25.5 Å². The predicted molar refractivity (Wildman–Crippen MR) is 76.5 cm³/mol. The minimum Gasteiger partial charge on any atom is -0.497 e. The molecule has 4 nitrogen and oxygen atoms in total. The molecule has 0 bridgehead atoms. The molecule has 2 N–H and O–H groups in total. The third-order valence-corrected chi connectivity index (χ3v) is 3.74. The Labute approximate surface area is 115 Å². The Balaban J connectivity index is 1.72. The number of nitrogens with one attached hydrogen (secondary N) is 1. The molecule has 1 saturated heterocycles. The zero-order valence-electron chi connectivity index (χ0n) is 11.8. The van der Waals surface area contributed by atoms with Crippen LogP contribution < -0.4 is 10.1 Å². The first kappa shape index (κ1) is 14.3. The van der Waals surface area contributed by atoms with Crippen molar-refractivity contribution in [3.05, 3.63) is 29.8 Å². The molecule has 1 aliphatic heterocycles. The first-order valence-corrected chi connectivity index (χ1v) is 6.97. The van der Waals surface area contributed by atoms with E-state index < -0.39 is 0 Å². The number of likely N-dealkylation sites (tertiary alicyclic amines) is 1. The van der Waals surface area contributed by atoms with Gasteiger partial charge >= 0.3 is 0 Å². The summed E-state index contributed by atoms with van der Waals surface area (Å²) in [4.78, 5) is 2.30. The number of nitrogens with zero attached hydrogens (tertiary/aromatic N) is 1. The number of hydrogen-bond donors (Lipinski definition) is 2. The van der Waals surface area contributed by atoms with Crippen molar-refractivity contribution in [2.75, 3.05) is 33.3 Å². The molecule has 0 spiro atoms. The van der Waals surface area contributed by atoms with Crippen LogP contribution in [-0.4, -0.2) is 49.4 Å². The maximum absolute atomic E-state index is 9.46. The second kappa shape index (κ2) is 6.89. The van der Waals surface area contributed by atoms with Gasteiger partial charge in [0.1, 0.15) is 5.75 Å². The zero-order valence-corrected chi connectivity index (χ0v) is 11.8. The predicted octanol–water partition coefficient (Wildman–Crippen LogP) is 1.41. The van der Waals surface area contributed by atoms with Crippen molar-refractivity contribution in [3.8, 4) is 5.75 Å². The lowest BCUT2D eigenvalue weighted by molar-refractivity contribution is 0.176. The van der Waals surface area contributed by atoms with Crippen LogP contribution >= 0.6 is 0 Å². The van der Waals surface area contributed by atoms with E-state index in [9.17, 15) is 5.11 Å². The van der Waals surface area contributed by atoms with Gasteiger partial charge < -0.3 is 15.2 Å². The summed E-state index contributed by atoms with van der Waals surface area (Å²) in [6, 6.07) is 8.50. The van der Waals surface area contributed by atoms with Gasteiger partial charge in [-0.2, -0.15) is 0 Å². The molecule has 19 heavy (non-hydrogen) atoms. The average molecular weight is 264 g/mol. The lowest BCUT2D eigenvalue weighted by Gasteiger charge is -2.19. The fraction of sp³-hybridized carbons (Fsp3) is 0.600. The number of aliphatic hydroxyl groups is 1. The highest BCUT2D eigenvalue weighted by Gasteiger charge is 2.19. The first-order valence-electron chi connectivity index (χ1n) is 6.97. The van der Waals surface area contributed by atoms with E-state index in [2.05, 4.69) is 29.3 Å². The van der Waals surface area contributed by atoms with Gasteiger partial charge in [-0.05, 0) is 31.0 Å². The Kier molecular flexibility index (Phi) is 5.19. The third-order valence-electron chi connectivity index (χ3n) is 3.74. The van der Waals surface area contributed by atoms with Crippen LogP contribution in [0.4, 0.5) is 0 Å². The van der Waals surface area contributed by atoms with Gasteiger partial charge in [-0.3, -0.25) is 4.90 Å². The van der Waals surface area contributed by atoms with E-state index in [1.807, 2.05) is 12.1 Å². The normalized spacial score (nSPS) is 21.5. The number of rotatable bonds is 6. The molecular formula is C15H24N2O2. The number of aliphatic hydroxyl groups excluding tert-OH is 1. The number of β-amino-alcohol motifs (C(OH)–C–C–N with tert-alkyl or cyclic N) is 1. The van der Waals surface area contributed by atoms with Gasteiger partial charge in [-0.1, -0.05) is 12.1 Å². The minimum absolute atomic E-state index is 0.126. The fourth-order valence-corrected chi connectivity index (χ4v) is 2.46. The lowest BCUT2D eigenvalue weighted by atomic mass is 10.1. The molecule has 2 rings (SSSR count). The summed E-state index contributed by atoms with van der Waals surface area (Å²) >= 11 is 0. The van der Waals surface area contributed by atoms with Gasteiger partial charge in [0.15, 0.2) is 0 Å². The summed E-state index contributed by atoms with van der Waals surface area (Å²) in [6.07, 6.45) is 0.785. The van der Waals surface area contributed by atoms with Crippen molar-refractivity contribution in [1.82, 2.24) is 10.2 Å². The van der Waals surface area contributed by atoms with Crippen LogP contribution in [0.3, 0.4) is 0 Å². The van der Waals surface area contributed by atoms with Gasteiger partial charge in [0.25, 0.3) is 0 Å². The Morgan fingerprint density at radius 2 is 2.16 bits per heavy atom. The molecule has 0 saturated carbocycles. The van der Waals surface area contributed by atoms with Gasteiger partial charge in [-0.25, -0.2) is 0 Å². The van der Waals surface area contributed by atoms with Crippen LogP contribution in [0.1, 0.15) is 24.9 Å². The van der Waals surface area contributed by atoms with Crippen molar-refractivity contribution >= 4 is 0 Å². The Hall–Kier alpha value is -1.10. The highest BCUT2D eigenvalue weighted by molar-refractivity contribution is 5.28. The van der Waals surface area contributed by atoms with Crippen molar-refractivity contribution in [1.29, 1.82) is 0 Å². The van der Waals surface area contributed by atoms with Crippen LogP contribution in [0.2, 0.25) is 0 Å². The Morgan fingerprint density at radius 1 is 1.42 bits per heavy atom. The maximum Gasteiger partial charge on any atom is 0.118 e. The number of hydrogen-bond acceptors (Lipinski definition) is 4. The molecule has 2 atom stereocenters. The second-order valence-electron chi connectivity index (χ2n) is 5.19. The van der Waals surface area contributed by atoms with Crippen LogP contribution in [0, 0.1) is 0 Å². The highest BCUT2D eigenvalue weighted by atomic mass is 16.5. The number of ether oxygens (including phenoxy) is 1. The van der Waals surface area contributed by atoms with Crippen molar-refractivity contribution < 1.29 is 9.84 Å². The standard InChI is InChI=1S/C15H24N2O2/c1-12(13-3-5-15(19-2)6-4-13)16-8-10-17-9-7-14(18)11-17/h3-6,12,14,16,18H,7-11H2,1-2H3/t12?,14-/m0/s1. The van der Waals surface area contributed by atoms with E-state index in [4.69, 9.17) is 4.74 Å². The van der Waals surface area contributed by atoms with Crippen LogP contribution in [0.5, 0.6) is 5.75 Å². The van der Waals surface area contributed by atoms with E-state index in [0.29, 0.717) is 6.04 Å². The first-order chi connectivity index (χ1) is 9.19. The van der Waals surface area contributed by atoms with Crippen LogP contribution in [0.15, 0.2) is 24.3 Å². The van der Waals surface area contributed by atoms with Gasteiger partial charge in [0.05, 0.1) is 13.2 Å². The van der Waals surface area contributed by atoms with E-state index in [1.54, 1.807) is 7.11 Å². The van der Waals surface area contributed by atoms with E-state index in [1.165, 1.54) is 5.56 Å². The topological polar surface area (TPSA) is 44.7 Å². The van der Waals surface area contributed by atoms with E-state index in [0.717, 1.165) is 38.3 Å². The maximum atomic E-state index is 9.46. The minimum atomic E-state index is -0.126.